The molecule has 0 bridgehead atoms. The maximum Gasteiger partial charge on any atom is 0.410 e. The number of aliphatic hydroxyl groups excluding tert-OH is 2. The topological polar surface area (TPSA) is 99.5 Å². The van der Waals surface area contributed by atoms with Gasteiger partial charge in [0.25, 0.3) is 0 Å². The Labute approximate surface area is 251 Å². The van der Waals surface area contributed by atoms with Crippen LogP contribution in [0, 0.1) is 0 Å². The summed E-state index contributed by atoms with van der Waals surface area (Å²) < 4.78 is 11.0. The number of nitrogens with zero attached hydrogens (tertiary/aromatic N) is 2. The second-order valence-electron chi connectivity index (χ2n) is 14.7. The van der Waals surface area contributed by atoms with Crippen molar-refractivity contribution in [3.63, 3.8) is 0 Å². The Morgan fingerprint density at radius 3 is 1.31 bits per heavy atom. The highest BCUT2D eigenvalue weighted by Crippen LogP contribution is 2.36. The monoisotopic (exact) mass is 582 g/mol. The van der Waals surface area contributed by atoms with Crippen LogP contribution in [0.3, 0.4) is 0 Å². The molecule has 232 valence electrons. The number of benzene rings is 2. The molecule has 2 aromatic carbocycles. The summed E-state index contributed by atoms with van der Waals surface area (Å²) in [6.07, 6.45) is -0.564. The Balaban J connectivity index is 0.000000230. The third-order valence-electron chi connectivity index (χ3n) is 7.36. The van der Waals surface area contributed by atoms with E-state index < -0.39 is 11.2 Å². The molecule has 0 spiro atoms. The molecule has 8 heteroatoms. The van der Waals surface area contributed by atoms with Crippen molar-refractivity contribution in [3.8, 4) is 0 Å². The van der Waals surface area contributed by atoms with Gasteiger partial charge in [0.2, 0.25) is 0 Å². The fraction of sp³-hybridized carbons (Fsp3) is 0.588. The highest BCUT2D eigenvalue weighted by Gasteiger charge is 2.37. The largest absolute Gasteiger partial charge is 0.444 e. The zero-order valence-corrected chi connectivity index (χ0v) is 27.1. The highest BCUT2D eigenvalue weighted by atomic mass is 16.6. The standard InChI is InChI=1S/2C17H25NO3/c2*1-16(2,3)21-15(20)18-9-13-8-12(10-19)6-7-14(13)17(4,5)11-18/h2*6-8,19H,9-11H2,1-5H3. The van der Waals surface area contributed by atoms with E-state index in [-0.39, 0.29) is 36.2 Å². The first-order valence-electron chi connectivity index (χ1n) is 14.7. The summed E-state index contributed by atoms with van der Waals surface area (Å²) in [7, 11) is 0. The molecule has 2 aliphatic rings. The van der Waals surface area contributed by atoms with E-state index in [1.807, 2.05) is 65.8 Å². The third kappa shape index (κ3) is 8.48. The summed E-state index contributed by atoms with van der Waals surface area (Å²) in [5.41, 5.74) is 5.15. The summed E-state index contributed by atoms with van der Waals surface area (Å²) >= 11 is 0. The maximum atomic E-state index is 12.3. The van der Waals surface area contributed by atoms with E-state index in [2.05, 4.69) is 39.8 Å². The number of carbonyl (C=O) groups excluding carboxylic acids is 2. The van der Waals surface area contributed by atoms with E-state index in [1.54, 1.807) is 9.80 Å². The van der Waals surface area contributed by atoms with Gasteiger partial charge < -0.3 is 29.5 Å². The van der Waals surface area contributed by atoms with E-state index in [4.69, 9.17) is 9.47 Å². The van der Waals surface area contributed by atoms with Crippen LogP contribution in [0.2, 0.25) is 0 Å². The molecular formula is C34H50N2O6. The van der Waals surface area contributed by atoms with E-state index >= 15 is 0 Å². The van der Waals surface area contributed by atoms with Crippen molar-refractivity contribution in [1.82, 2.24) is 9.80 Å². The smallest absolute Gasteiger partial charge is 0.410 e. The molecule has 0 atom stereocenters. The van der Waals surface area contributed by atoms with Crippen LogP contribution < -0.4 is 0 Å². The highest BCUT2D eigenvalue weighted by molar-refractivity contribution is 5.70. The molecule has 2 aliphatic heterocycles. The minimum Gasteiger partial charge on any atom is -0.444 e. The number of rotatable bonds is 2. The molecule has 0 aliphatic carbocycles. The third-order valence-corrected chi connectivity index (χ3v) is 7.36. The molecule has 2 N–H and O–H groups in total. The second-order valence-corrected chi connectivity index (χ2v) is 14.7. The molecule has 2 amide bonds. The summed E-state index contributed by atoms with van der Waals surface area (Å²) in [6.45, 7) is 22.1. The van der Waals surface area contributed by atoms with Crippen LogP contribution in [0.5, 0.6) is 0 Å². The first kappa shape index (κ1) is 33.4. The fourth-order valence-corrected chi connectivity index (χ4v) is 5.63. The van der Waals surface area contributed by atoms with E-state index in [0.717, 1.165) is 22.3 Å². The number of hydrogen-bond acceptors (Lipinski definition) is 6. The van der Waals surface area contributed by atoms with Crippen molar-refractivity contribution < 1.29 is 29.3 Å². The van der Waals surface area contributed by atoms with Gasteiger partial charge in [0, 0.05) is 37.0 Å². The minimum absolute atomic E-state index is 0.0140. The Kier molecular flexibility index (Phi) is 9.74. The van der Waals surface area contributed by atoms with Crippen molar-refractivity contribution in [2.75, 3.05) is 13.1 Å². The lowest BCUT2D eigenvalue weighted by molar-refractivity contribution is 0.0165. The van der Waals surface area contributed by atoms with E-state index in [1.165, 1.54) is 11.1 Å². The lowest BCUT2D eigenvalue weighted by atomic mass is 9.78. The van der Waals surface area contributed by atoms with Gasteiger partial charge in [-0.05, 0) is 74.9 Å². The summed E-state index contributed by atoms with van der Waals surface area (Å²) in [5.74, 6) is 0. The molecular weight excluding hydrogens is 532 g/mol. The average molecular weight is 583 g/mol. The lowest BCUT2D eigenvalue weighted by Crippen LogP contribution is -2.46. The average Bonchev–Trinajstić information content (AvgIpc) is 2.85. The predicted octanol–water partition coefficient (Wildman–Crippen LogP) is 6.41. The van der Waals surface area contributed by atoms with Crippen LogP contribution in [0.15, 0.2) is 36.4 Å². The zero-order valence-electron chi connectivity index (χ0n) is 27.1. The summed E-state index contributed by atoms with van der Waals surface area (Å²) in [5, 5.41) is 18.6. The van der Waals surface area contributed by atoms with Gasteiger partial charge in [-0.1, -0.05) is 64.1 Å². The Bertz CT molecular complexity index is 1190. The molecule has 4 rings (SSSR count). The number of aliphatic hydroxyl groups is 2. The molecule has 0 fully saturated rings. The van der Waals surface area contributed by atoms with Crippen molar-refractivity contribution in [1.29, 1.82) is 0 Å². The Morgan fingerprint density at radius 2 is 1.02 bits per heavy atom. The minimum atomic E-state index is -0.492. The van der Waals surface area contributed by atoms with Gasteiger partial charge in [0.1, 0.15) is 11.2 Å². The SMILES string of the molecule is CC(C)(C)OC(=O)N1Cc2cc(CO)ccc2C(C)(C)C1.CC(C)(C)OC(=O)N1Cc2cc(CO)ccc2C(C)(C)C1. The first-order chi connectivity index (χ1) is 19.2. The van der Waals surface area contributed by atoms with Gasteiger partial charge in [-0.15, -0.1) is 0 Å². The van der Waals surface area contributed by atoms with Crippen LogP contribution in [-0.4, -0.2) is 56.5 Å². The normalized spacial score (nSPS) is 17.3. The van der Waals surface area contributed by atoms with Gasteiger partial charge in [0.15, 0.2) is 0 Å². The number of ether oxygens (including phenoxy) is 2. The molecule has 0 radical (unpaired) electrons. The molecule has 0 saturated carbocycles. The molecule has 0 saturated heterocycles. The molecule has 42 heavy (non-hydrogen) atoms. The number of carbonyl (C=O) groups is 2. The molecule has 0 aromatic heterocycles. The fourth-order valence-electron chi connectivity index (χ4n) is 5.63. The van der Waals surface area contributed by atoms with Gasteiger partial charge in [-0.25, -0.2) is 9.59 Å². The number of amides is 2. The van der Waals surface area contributed by atoms with Gasteiger partial charge in [0.05, 0.1) is 13.2 Å². The van der Waals surface area contributed by atoms with Crippen LogP contribution in [0.25, 0.3) is 0 Å². The van der Waals surface area contributed by atoms with Crippen molar-refractivity contribution >= 4 is 12.2 Å². The Morgan fingerprint density at radius 1 is 0.690 bits per heavy atom. The second kappa shape index (κ2) is 12.3. The van der Waals surface area contributed by atoms with Gasteiger partial charge >= 0.3 is 12.2 Å². The van der Waals surface area contributed by atoms with Crippen LogP contribution in [-0.2, 0) is 46.6 Å². The summed E-state index contributed by atoms with van der Waals surface area (Å²) in [4.78, 5) is 28.1. The van der Waals surface area contributed by atoms with Crippen molar-refractivity contribution in [2.45, 2.75) is 118 Å². The summed E-state index contributed by atoms with van der Waals surface area (Å²) in [6, 6.07) is 12.0. The molecule has 2 aromatic rings. The van der Waals surface area contributed by atoms with E-state index in [9.17, 15) is 19.8 Å². The number of hydrogen-bond donors (Lipinski definition) is 2. The van der Waals surface area contributed by atoms with Crippen molar-refractivity contribution in [2.24, 2.45) is 0 Å². The van der Waals surface area contributed by atoms with Crippen LogP contribution in [0.1, 0.15) is 103 Å². The van der Waals surface area contributed by atoms with Crippen LogP contribution >= 0.6 is 0 Å². The van der Waals surface area contributed by atoms with E-state index in [0.29, 0.717) is 26.2 Å². The van der Waals surface area contributed by atoms with Crippen molar-refractivity contribution in [3.05, 3.63) is 69.8 Å². The van der Waals surface area contributed by atoms with Crippen LogP contribution in [0.4, 0.5) is 9.59 Å². The quantitative estimate of drug-likeness (QED) is 0.424. The first-order valence-corrected chi connectivity index (χ1v) is 14.7. The lowest BCUT2D eigenvalue weighted by Gasteiger charge is -2.40. The number of fused-ring (bicyclic) bond motifs is 2. The van der Waals surface area contributed by atoms with Gasteiger partial charge in [-0.2, -0.15) is 0 Å². The van der Waals surface area contributed by atoms with Gasteiger partial charge in [-0.3, -0.25) is 0 Å². The zero-order chi connectivity index (χ0) is 31.7. The molecule has 8 nitrogen and oxygen atoms in total. The predicted molar refractivity (Wildman–Crippen MR) is 164 cm³/mol. The Hall–Kier alpha value is -3.10. The molecule has 0 unspecified atom stereocenters. The molecule has 2 heterocycles. The maximum absolute atomic E-state index is 12.3.